The first-order valence-electron chi connectivity index (χ1n) is 13.4. The van der Waals surface area contributed by atoms with Crippen molar-refractivity contribution in [1.29, 1.82) is 0 Å². The van der Waals surface area contributed by atoms with Crippen LogP contribution in [0.1, 0.15) is 30.9 Å². The molecule has 1 N–H and O–H groups in total. The molecule has 0 radical (unpaired) electrons. The summed E-state index contributed by atoms with van der Waals surface area (Å²) >= 11 is 6.45. The minimum absolute atomic E-state index is 0.0196. The monoisotopic (exact) mass is 599 g/mol. The Morgan fingerprint density at radius 3 is 2.41 bits per heavy atom. The van der Waals surface area contributed by atoms with E-state index in [4.69, 9.17) is 21.1 Å². The van der Waals surface area contributed by atoms with Crippen LogP contribution in [-0.2, 0) is 32.6 Å². The fourth-order valence-corrected chi connectivity index (χ4v) is 5.85. The first-order valence-corrected chi connectivity index (χ1v) is 15.6. The summed E-state index contributed by atoms with van der Waals surface area (Å²) in [5, 5.41) is 3.35. The first-order chi connectivity index (χ1) is 19.7. The van der Waals surface area contributed by atoms with E-state index in [1.807, 2.05) is 49.4 Å². The highest BCUT2D eigenvalue weighted by molar-refractivity contribution is 7.92. The molecule has 1 aliphatic rings. The lowest BCUT2D eigenvalue weighted by Crippen LogP contribution is -2.50. The van der Waals surface area contributed by atoms with Crippen molar-refractivity contribution in [3.05, 3.63) is 88.9 Å². The normalized spacial score (nSPS) is 13.0. The number of rotatable bonds is 13. The number of halogens is 1. The van der Waals surface area contributed by atoms with Gasteiger partial charge in [0.05, 0.1) is 11.9 Å². The van der Waals surface area contributed by atoms with Crippen LogP contribution < -0.4 is 19.1 Å². The number of anilines is 1. The topological polar surface area (TPSA) is 105 Å². The number of likely N-dealkylation sites (N-methyl/N-ethyl adjacent to an activating group) is 1. The fourth-order valence-electron chi connectivity index (χ4n) is 4.70. The van der Waals surface area contributed by atoms with Gasteiger partial charge in [0.25, 0.3) is 0 Å². The number of carbonyl (C=O) groups is 2. The molecule has 0 spiro atoms. The summed E-state index contributed by atoms with van der Waals surface area (Å²) in [6.07, 6.45) is 1.68. The third-order valence-corrected chi connectivity index (χ3v) is 8.28. The van der Waals surface area contributed by atoms with Gasteiger partial charge in [0.1, 0.15) is 6.04 Å². The number of hydrogen-bond acceptors (Lipinski definition) is 6. The third-order valence-electron chi connectivity index (χ3n) is 6.72. The summed E-state index contributed by atoms with van der Waals surface area (Å²) in [6.45, 7) is 2.51. The van der Waals surface area contributed by atoms with Gasteiger partial charge in [0.15, 0.2) is 11.5 Å². The zero-order valence-corrected chi connectivity index (χ0v) is 24.7. The molecule has 3 aromatic carbocycles. The number of ether oxygens (including phenoxy) is 2. The molecule has 1 atom stereocenters. The number of nitrogens with one attached hydrogen (secondary N) is 1. The molecule has 2 amide bonds. The van der Waals surface area contributed by atoms with Crippen LogP contribution in [0.5, 0.6) is 11.5 Å². The summed E-state index contributed by atoms with van der Waals surface area (Å²) in [4.78, 5) is 28.7. The van der Waals surface area contributed by atoms with Crippen LogP contribution in [0, 0.1) is 0 Å². The van der Waals surface area contributed by atoms with Crippen LogP contribution in [0.15, 0.2) is 72.8 Å². The van der Waals surface area contributed by atoms with E-state index in [0.29, 0.717) is 40.7 Å². The van der Waals surface area contributed by atoms with Crippen LogP contribution in [0.4, 0.5) is 5.69 Å². The van der Waals surface area contributed by atoms with Crippen molar-refractivity contribution in [1.82, 2.24) is 10.2 Å². The van der Waals surface area contributed by atoms with E-state index in [2.05, 4.69) is 5.32 Å². The van der Waals surface area contributed by atoms with Crippen LogP contribution in [0.25, 0.3) is 0 Å². The van der Waals surface area contributed by atoms with E-state index in [-0.39, 0.29) is 44.5 Å². The molecule has 1 heterocycles. The Bertz CT molecular complexity index is 1470. The van der Waals surface area contributed by atoms with E-state index in [1.54, 1.807) is 35.2 Å². The van der Waals surface area contributed by atoms with Crippen molar-refractivity contribution in [3.8, 4) is 11.5 Å². The second-order valence-electron chi connectivity index (χ2n) is 9.69. The highest BCUT2D eigenvalue weighted by atomic mass is 35.5. The molecule has 41 heavy (non-hydrogen) atoms. The summed E-state index contributed by atoms with van der Waals surface area (Å²) in [5.74, 6) is 0.456. The lowest BCUT2D eigenvalue weighted by molar-refractivity contribution is -0.141. The molecular formula is C30H34ClN3O6S. The Labute approximate surface area is 246 Å². The average Bonchev–Trinajstić information content (AvgIpc) is 3.42. The number of benzene rings is 3. The summed E-state index contributed by atoms with van der Waals surface area (Å²) in [6, 6.07) is 20.8. The van der Waals surface area contributed by atoms with E-state index in [9.17, 15) is 18.0 Å². The highest BCUT2D eigenvalue weighted by Crippen LogP contribution is 2.36. The Balaban J connectivity index is 1.56. The van der Waals surface area contributed by atoms with Crippen molar-refractivity contribution in [2.75, 3.05) is 30.4 Å². The molecule has 11 heteroatoms. The quantitative estimate of drug-likeness (QED) is 0.312. The van der Waals surface area contributed by atoms with Gasteiger partial charge in [-0.15, -0.1) is 0 Å². The van der Waals surface area contributed by atoms with E-state index in [0.717, 1.165) is 11.8 Å². The third kappa shape index (κ3) is 7.92. The largest absolute Gasteiger partial charge is 0.454 e. The molecule has 0 unspecified atom stereocenters. The minimum atomic E-state index is -3.66. The Hall–Kier alpha value is -3.76. The standard InChI is InChI=1S/C30H34ClN3O6S/c1-3-32-30(36)26(18-22-10-5-4-6-11-22)33(20-23-12-7-8-13-25(23)31)29(35)14-9-17-34(41(2,37)38)24-15-16-27-28(19-24)40-21-39-27/h4-8,10-13,15-16,19,26H,3,9,14,17-18,20-21H2,1-2H3,(H,32,36)/t26-/m1/s1. The smallest absolute Gasteiger partial charge is 0.243 e. The number of hydrogen-bond donors (Lipinski definition) is 1. The second-order valence-corrected chi connectivity index (χ2v) is 12.0. The maximum atomic E-state index is 13.8. The van der Waals surface area contributed by atoms with Gasteiger partial charge >= 0.3 is 0 Å². The maximum Gasteiger partial charge on any atom is 0.243 e. The van der Waals surface area contributed by atoms with Gasteiger partial charge in [-0.05, 0) is 42.7 Å². The number of amides is 2. The van der Waals surface area contributed by atoms with Gasteiger partial charge in [0.2, 0.25) is 28.6 Å². The number of nitrogens with zero attached hydrogens (tertiary/aromatic N) is 2. The number of fused-ring (bicyclic) bond motifs is 1. The van der Waals surface area contributed by atoms with Gasteiger partial charge < -0.3 is 19.7 Å². The van der Waals surface area contributed by atoms with Gasteiger partial charge in [-0.3, -0.25) is 13.9 Å². The zero-order chi connectivity index (χ0) is 29.4. The predicted molar refractivity (Wildman–Crippen MR) is 159 cm³/mol. The molecular weight excluding hydrogens is 566 g/mol. The van der Waals surface area contributed by atoms with Crippen LogP contribution in [-0.4, -0.2) is 57.3 Å². The Morgan fingerprint density at radius 2 is 1.71 bits per heavy atom. The van der Waals surface area contributed by atoms with E-state index >= 15 is 0 Å². The fraction of sp³-hybridized carbons (Fsp3) is 0.333. The van der Waals surface area contributed by atoms with Crippen molar-refractivity contribution in [3.63, 3.8) is 0 Å². The second kappa shape index (κ2) is 13.7. The Kier molecular flexibility index (Phi) is 10.1. The molecule has 0 saturated carbocycles. The average molecular weight is 600 g/mol. The van der Waals surface area contributed by atoms with Crippen LogP contribution >= 0.6 is 11.6 Å². The Morgan fingerprint density at radius 1 is 1.00 bits per heavy atom. The van der Waals surface area contributed by atoms with Crippen molar-refractivity contribution in [2.24, 2.45) is 0 Å². The zero-order valence-electron chi connectivity index (χ0n) is 23.1. The molecule has 0 saturated heterocycles. The van der Waals surface area contributed by atoms with Crippen molar-refractivity contribution < 1.29 is 27.5 Å². The minimum Gasteiger partial charge on any atom is -0.454 e. The van der Waals surface area contributed by atoms with E-state index in [1.165, 1.54) is 4.31 Å². The van der Waals surface area contributed by atoms with Gasteiger partial charge in [-0.2, -0.15) is 0 Å². The molecule has 3 aromatic rings. The lowest BCUT2D eigenvalue weighted by atomic mass is 10.0. The van der Waals surface area contributed by atoms with Crippen molar-refractivity contribution in [2.45, 2.75) is 38.8 Å². The predicted octanol–water partition coefficient (Wildman–Crippen LogP) is 4.39. The summed E-state index contributed by atoms with van der Waals surface area (Å²) in [5.41, 5.74) is 2.04. The lowest BCUT2D eigenvalue weighted by Gasteiger charge is -2.32. The van der Waals surface area contributed by atoms with Crippen molar-refractivity contribution >= 4 is 39.1 Å². The molecule has 1 aliphatic heterocycles. The molecule has 0 bridgehead atoms. The number of sulfonamides is 1. The number of carbonyl (C=O) groups excluding carboxylic acids is 2. The highest BCUT2D eigenvalue weighted by Gasteiger charge is 2.31. The van der Waals surface area contributed by atoms with Gasteiger partial charge in [0, 0.05) is 43.6 Å². The van der Waals surface area contributed by atoms with Crippen LogP contribution in [0.3, 0.4) is 0 Å². The van der Waals surface area contributed by atoms with Gasteiger partial charge in [-0.25, -0.2) is 8.42 Å². The molecule has 218 valence electrons. The molecule has 0 fully saturated rings. The first kappa shape index (κ1) is 30.2. The van der Waals surface area contributed by atoms with Crippen LogP contribution in [0.2, 0.25) is 5.02 Å². The SMILES string of the molecule is CCNC(=O)[C@@H](Cc1ccccc1)N(Cc1ccccc1Cl)C(=O)CCCN(c1ccc2c(c1)OCO2)S(C)(=O)=O. The molecule has 9 nitrogen and oxygen atoms in total. The van der Waals surface area contributed by atoms with E-state index < -0.39 is 16.1 Å². The molecule has 0 aliphatic carbocycles. The van der Waals surface area contributed by atoms with Gasteiger partial charge in [-0.1, -0.05) is 60.1 Å². The summed E-state index contributed by atoms with van der Waals surface area (Å²) < 4.78 is 37.4. The maximum absolute atomic E-state index is 13.8. The molecule has 0 aromatic heterocycles. The molecule has 4 rings (SSSR count). The summed E-state index contributed by atoms with van der Waals surface area (Å²) in [7, 11) is -3.66.